The summed E-state index contributed by atoms with van der Waals surface area (Å²) in [5.74, 6) is 2.71. The Morgan fingerprint density at radius 1 is 1.26 bits per heavy atom. The fourth-order valence-electron chi connectivity index (χ4n) is 4.52. The minimum absolute atomic E-state index is 0.312. The smallest absolute Gasteiger partial charge is 0.239 e. The highest BCUT2D eigenvalue weighted by Crippen LogP contribution is 2.48. The van der Waals surface area contributed by atoms with Crippen LogP contribution in [0.2, 0.25) is 0 Å². The van der Waals surface area contributed by atoms with Gasteiger partial charge in [-0.05, 0) is 62.8 Å². The van der Waals surface area contributed by atoms with E-state index >= 15 is 0 Å². The molecule has 0 aliphatic heterocycles. The van der Waals surface area contributed by atoms with E-state index in [1.807, 2.05) is 0 Å². The molecule has 4 heteroatoms. The maximum Gasteiger partial charge on any atom is 0.239 e. The third-order valence-corrected chi connectivity index (χ3v) is 5.73. The Kier molecular flexibility index (Phi) is 3.34. The Bertz CT molecular complexity index is 368. The zero-order chi connectivity index (χ0) is 13.6. The molecule has 3 fully saturated rings. The Morgan fingerprint density at radius 3 is 2.47 bits per heavy atom. The molecule has 0 heterocycles. The number of hydrogen-bond acceptors (Lipinski definition) is 3. The number of rotatable bonds is 6. The summed E-state index contributed by atoms with van der Waals surface area (Å²) in [7, 11) is 2.10. The van der Waals surface area contributed by atoms with Gasteiger partial charge in [0.25, 0.3) is 0 Å². The van der Waals surface area contributed by atoms with E-state index in [0.717, 1.165) is 37.1 Å². The first kappa shape index (κ1) is 13.4. The molecule has 1 amide bonds. The van der Waals surface area contributed by atoms with E-state index in [2.05, 4.69) is 11.9 Å². The third kappa shape index (κ3) is 2.52. The van der Waals surface area contributed by atoms with Crippen LogP contribution in [0.15, 0.2) is 0 Å². The molecule has 4 atom stereocenters. The summed E-state index contributed by atoms with van der Waals surface area (Å²) in [4.78, 5) is 13.9. The molecule has 0 radical (unpaired) electrons. The van der Waals surface area contributed by atoms with Crippen LogP contribution in [0, 0.1) is 23.7 Å². The van der Waals surface area contributed by atoms with Gasteiger partial charge in [-0.2, -0.15) is 0 Å². The Morgan fingerprint density at radius 2 is 2.00 bits per heavy atom. The molecule has 4 nitrogen and oxygen atoms in total. The van der Waals surface area contributed by atoms with Gasteiger partial charge in [0.1, 0.15) is 5.54 Å². The number of nitrogens with two attached hydrogens (primary N) is 2. The van der Waals surface area contributed by atoms with Gasteiger partial charge < -0.3 is 16.4 Å². The summed E-state index contributed by atoms with van der Waals surface area (Å²) in [6.45, 7) is 1.71. The van der Waals surface area contributed by atoms with E-state index in [9.17, 15) is 4.79 Å². The summed E-state index contributed by atoms with van der Waals surface area (Å²) in [5.41, 5.74) is 11.0. The standard InChI is InChI=1S/C15H27N3O/c1-18(8-12-7-10-2-3-11(12)6-10)9-15(17,14(16)19)13-4-5-13/h10-13H,2-9,17H2,1H3,(H2,16,19). The lowest BCUT2D eigenvalue weighted by Gasteiger charge is -2.34. The van der Waals surface area contributed by atoms with Crippen LogP contribution in [0.5, 0.6) is 0 Å². The Balaban J connectivity index is 1.55. The molecule has 2 bridgehead atoms. The fraction of sp³-hybridized carbons (Fsp3) is 0.933. The van der Waals surface area contributed by atoms with Crippen LogP contribution in [0.3, 0.4) is 0 Å². The lowest BCUT2D eigenvalue weighted by atomic mass is 9.87. The van der Waals surface area contributed by atoms with E-state index in [-0.39, 0.29) is 5.91 Å². The largest absolute Gasteiger partial charge is 0.368 e. The number of carbonyl (C=O) groups is 1. The van der Waals surface area contributed by atoms with Crippen molar-refractivity contribution in [3.63, 3.8) is 0 Å². The van der Waals surface area contributed by atoms with Crippen molar-refractivity contribution in [2.24, 2.45) is 35.1 Å². The highest BCUT2D eigenvalue weighted by atomic mass is 16.1. The summed E-state index contributed by atoms with van der Waals surface area (Å²) in [5, 5.41) is 0. The highest BCUT2D eigenvalue weighted by molar-refractivity contribution is 5.85. The Labute approximate surface area is 115 Å². The van der Waals surface area contributed by atoms with Crippen LogP contribution >= 0.6 is 0 Å². The average molecular weight is 265 g/mol. The van der Waals surface area contributed by atoms with Gasteiger partial charge in [0.2, 0.25) is 5.91 Å². The van der Waals surface area contributed by atoms with Gasteiger partial charge in [-0.1, -0.05) is 6.42 Å². The molecule has 108 valence electrons. The molecule has 3 saturated carbocycles. The van der Waals surface area contributed by atoms with Gasteiger partial charge >= 0.3 is 0 Å². The van der Waals surface area contributed by atoms with Crippen molar-refractivity contribution >= 4 is 5.91 Å². The van der Waals surface area contributed by atoms with Crippen molar-refractivity contribution in [3.05, 3.63) is 0 Å². The average Bonchev–Trinajstić information content (AvgIpc) is 3.01. The van der Waals surface area contributed by atoms with Crippen LogP contribution < -0.4 is 11.5 Å². The lowest BCUT2D eigenvalue weighted by Crippen LogP contribution is -2.60. The van der Waals surface area contributed by atoms with E-state index in [4.69, 9.17) is 11.5 Å². The van der Waals surface area contributed by atoms with Crippen LogP contribution in [0.4, 0.5) is 0 Å². The van der Waals surface area contributed by atoms with E-state index < -0.39 is 5.54 Å². The van der Waals surface area contributed by atoms with Crippen molar-refractivity contribution in [1.29, 1.82) is 0 Å². The number of hydrogen-bond donors (Lipinski definition) is 2. The van der Waals surface area contributed by atoms with Gasteiger partial charge in [0, 0.05) is 13.1 Å². The molecule has 0 aromatic carbocycles. The zero-order valence-electron chi connectivity index (χ0n) is 12.0. The predicted molar refractivity (Wildman–Crippen MR) is 75.3 cm³/mol. The number of primary amides is 1. The molecule has 4 N–H and O–H groups in total. The summed E-state index contributed by atoms with van der Waals surface area (Å²) >= 11 is 0. The van der Waals surface area contributed by atoms with Gasteiger partial charge in [-0.15, -0.1) is 0 Å². The summed E-state index contributed by atoms with van der Waals surface area (Å²) in [6, 6.07) is 0. The molecule has 3 rings (SSSR count). The first-order chi connectivity index (χ1) is 8.99. The van der Waals surface area contributed by atoms with Gasteiger partial charge in [0.15, 0.2) is 0 Å². The zero-order valence-corrected chi connectivity index (χ0v) is 12.0. The molecule has 0 aromatic heterocycles. The molecule has 0 saturated heterocycles. The predicted octanol–water partition coefficient (Wildman–Crippen LogP) is 0.947. The van der Waals surface area contributed by atoms with E-state index in [1.54, 1.807) is 0 Å². The molecule has 0 spiro atoms. The van der Waals surface area contributed by atoms with Crippen LogP contribution in [0.25, 0.3) is 0 Å². The van der Waals surface area contributed by atoms with Crippen molar-refractivity contribution < 1.29 is 4.79 Å². The maximum atomic E-state index is 11.7. The first-order valence-electron chi connectivity index (χ1n) is 7.76. The van der Waals surface area contributed by atoms with Gasteiger partial charge in [0.05, 0.1) is 0 Å². The SMILES string of the molecule is CN(CC1CC2CCC1C2)CC(N)(C(N)=O)C1CC1. The van der Waals surface area contributed by atoms with Crippen molar-refractivity contribution in [1.82, 2.24) is 4.90 Å². The van der Waals surface area contributed by atoms with Gasteiger partial charge in [-0.3, -0.25) is 4.79 Å². The van der Waals surface area contributed by atoms with Crippen LogP contribution in [0.1, 0.15) is 38.5 Å². The second kappa shape index (κ2) is 4.74. The molecular formula is C15H27N3O. The number of carbonyl (C=O) groups excluding carboxylic acids is 1. The number of amides is 1. The normalized spacial score (nSPS) is 36.7. The van der Waals surface area contributed by atoms with Crippen LogP contribution in [-0.2, 0) is 4.79 Å². The van der Waals surface area contributed by atoms with Crippen molar-refractivity contribution in [2.45, 2.75) is 44.1 Å². The first-order valence-corrected chi connectivity index (χ1v) is 7.76. The highest BCUT2D eigenvalue weighted by Gasteiger charge is 2.48. The molecule has 3 aliphatic rings. The monoisotopic (exact) mass is 265 g/mol. The maximum absolute atomic E-state index is 11.7. The molecular weight excluding hydrogens is 238 g/mol. The van der Waals surface area contributed by atoms with E-state index in [0.29, 0.717) is 12.5 Å². The number of likely N-dealkylation sites (N-methyl/N-ethyl adjacent to an activating group) is 1. The summed E-state index contributed by atoms with van der Waals surface area (Å²) in [6.07, 6.45) is 7.78. The second-order valence-corrected chi connectivity index (χ2v) is 7.31. The topological polar surface area (TPSA) is 72.3 Å². The second-order valence-electron chi connectivity index (χ2n) is 7.31. The van der Waals surface area contributed by atoms with Gasteiger partial charge in [-0.25, -0.2) is 0 Å². The van der Waals surface area contributed by atoms with Crippen LogP contribution in [-0.4, -0.2) is 36.5 Å². The fourth-order valence-corrected chi connectivity index (χ4v) is 4.52. The Hall–Kier alpha value is -0.610. The summed E-state index contributed by atoms with van der Waals surface area (Å²) < 4.78 is 0. The molecule has 3 aliphatic carbocycles. The van der Waals surface area contributed by atoms with E-state index in [1.165, 1.54) is 25.7 Å². The number of fused-ring (bicyclic) bond motifs is 2. The third-order valence-electron chi connectivity index (χ3n) is 5.73. The van der Waals surface area contributed by atoms with Crippen molar-refractivity contribution in [2.75, 3.05) is 20.1 Å². The molecule has 0 aromatic rings. The lowest BCUT2D eigenvalue weighted by molar-refractivity contribution is -0.124. The number of nitrogens with zero attached hydrogens (tertiary/aromatic N) is 1. The minimum Gasteiger partial charge on any atom is -0.368 e. The van der Waals surface area contributed by atoms with Crippen molar-refractivity contribution in [3.8, 4) is 0 Å². The minimum atomic E-state index is -0.799. The molecule has 19 heavy (non-hydrogen) atoms. The quantitative estimate of drug-likeness (QED) is 0.751. The molecule has 4 unspecified atom stereocenters.